The highest BCUT2D eigenvalue weighted by Crippen LogP contribution is 2.36. The summed E-state index contributed by atoms with van der Waals surface area (Å²) in [7, 11) is -1.59. The number of hydrogen-bond donors (Lipinski definition) is 1. The van der Waals surface area contributed by atoms with E-state index in [1.165, 1.54) is 0 Å². The minimum absolute atomic E-state index is 0.375. The zero-order valence-electron chi connectivity index (χ0n) is 10.6. The van der Waals surface area contributed by atoms with E-state index in [0.717, 1.165) is 16.6 Å². The zero-order chi connectivity index (χ0) is 13.0. The van der Waals surface area contributed by atoms with E-state index in [-0.39, 0.29) is 0 Å². The van der Waals surface area contributed by atoms with Gasteiger partial charge in [-0.05, 0) is 29.7 Å². The number of para-hydroxylation sites is 1. The van der Waals surface area contributed by atoms with E-state index in [9.17, 15) is 4.89 Å². The maximum Gasteiger partial charge on any atom is 0.262 e. The second-order valence-electron chi connectivity index (χ2n) is 4.39. The Bertz CT molecular complexity index is 497. The molecule has 1 unspecified atom stereocenters. The van der Waals surface area contributed by atoms with Crippen LogP contribution in [0.2, 0.25) is 0 Å². The highest BCUT2D eigenvalue weighted by atomic mass is 31.2. The van der Waals surface area contributed by atoms with Gasteiger partial charge in [-0.1, -0.05) is 50.2 Å². The predicted molar refractivity (Wildman–Crippen MR) is 76.4 cm³/mol. The van der Waals surface area contributed by atoms with Gasteiger partial charge in [-0.25, -0.2) is 0 Å². The summed E-state index contributed by atoms with van der Waals surface area (Å²) in [5.74, 6) is 1.14. The minimum Gasteiger partial charge on any atom is -0.444 e. The fourth-order valence-electron chi connectivity index (χ4n) is 1.74. The smallest absolute Gasteiger partial charge is 0.262 e. The molecule has 1 N–H and O–H groups in total. The van der Waals surface area contributed by atoms with Gasteiger partial charge >= 0.3 is 0 Å². The molecule has 1 atom stereocenters. The Balaban J connectivity index is 2.19. The van der Waals surface area contributed by atoms with E-state index >= 15 is 0 Å². The van der Waals surface area contributed by atoms with Crippen LogP contribution in [0.4, 0.5) is 0 Å². The van der Waals surface area contributed by atoms with Gasteiger partial charge < -0.3 is 9.42 Å². The second kappa shape index (κ2) is 5.99. The summed E-state index contributed by atoms with van der Waals surface area (Å²) < 4.78 is 5.71. The summed E-state index contributed by atoms with van der Waals surface area (Å²) in [6, 6.07) is 17.3. The van der Waals surface area contributed by atoms with E-state index in [1.54, 1.807) is 0 Å². The topological polar surface area (TPSA) is 29.5 Å². The normalized spacial score (nSPS) is 12.4. The van der Waals surface area contributed by atoms with Crippen LogP contribution >= 0.6 is 8.38 Å². The molecule has 0 aromatic heterocycles. The monoisotopic (exact) mass is 260 g/mol. The van der Waals surface area contributed by atoms with Crippen LogP contribution in [0.5, 0.6) is 5.75 Å². The average Bonchev–Trinajstić information content (AvgIpc) is 2.40. The summed E-state index contributed by atoms with van der Waals surface area (Å²) in [5, 5.41) is 0.825. The fourth-order valence-corrected chi connectivity index (χ4v) is 2.63. The van der Waals surface area contributed by atoms with Gasteiger partial charge in [0.15, 0.2) is 0 Å². The van der Waals surface area contributed by atoms with Gasteiger partial charge in [-0.15, -0.1) is 0 Å². The Morgan fingerprint density at radius 2 is 1.56 bits per heavy atom. The fraction of sp³-hybridized carbons (Fsp3) is 0.200. The minimum atomic E-state index is -1.59. The van der Waals surface area contributed by atoms with Crippen LogP contribution < -0.4 is 9.83 Å². The van der Waals surface area contributed by atoms with Crippen molar-refractivity contribution in [2.24, 2.45) is 0 Å². The molecule has 0 radical (unpaired) electrons. The molecule has 0 spiro atoms. The van der Waals surface area contributed by atoms with E-state index in [2.05, 4.69) is 13.8 Å². The summed E-state index contributed by atoms with van der Waals surface area (Å²) in [6.45, 7) is 4.23. The van der Waals surface area contributed by atoms with Crippen LogP contribution in [0, 0.1) is 0 Å². The number of benzene rings is 2. The molecule has 0 saturated heterocycles. The molecule has 2 rings (SSSR count). The van der Waals surface area contributed by atoms with Crippen LogP contribution in [-0.2, 0) is 0 Å². The lowest BCUT2D eigenvalue weighted by Crippen LogP contribution is -2.05. The van der Waals surface area contributed by atoms with Crippen molar-refractivity contribution in [3.63, 3.8) is 0 Å². The summed E-state index contributed by atoms with van der Waals surface area (Å²) in [6.07, 6.45) is 0. The van der Waals surface area contributed by atoms with Gasteiger partial charge in [-0.3, -0.25) is 0 Å². The molecular formula is C15H17O2P. The van der Waals surface area contributed by atoms with Crippen LogP contribution in [0.25, 0.3) is 0 Å². The SMILES string of the molecule is CC(C)c1ccccc1OP(O)c1ccccc1. The predicted octanol–water partition coefficient (Wildman–Crippen LogP) is 3.82. The Morgan fingerprint density at radius 1 is 0.944 bits per heavy atom. The first-order chi connectivity index (χ1) is 8.68. The molecule has 2 aromatic carbocycles. The van der Waals surface area contributed by atoms with Crippen molar-refractivity contribution in [1.29, 1.82) is 0 Å². The van der Waals surface area contributed by atoms with Gasteiger partial charge in [-0.2, -0.15) is 0 Å². The summed E-state index contributed by atoms with van der Waals surface area (Å²) >= 11 is 0. The summed E-state index contributed by atoms with van der Waals surface area (Å²) in [4.78, 5) is 10.1. The molecule has 0 saturated carbocycles. The van der Waals surface area contributed by atoms with Gasteiger partial charge in [0.1, 0.15) is 5.75 Å². The highest BCUT2D eigenvalue weighted by Gasteiger charge is 2.14. The molecule has 2 aromatic rings. The van der Waals surface area contributed by atoms with Crippen molar-refractivity contribution < 1.29 is 9.42 Å². The molecule has 0 amide bonds. The largest absolute Gasteiger partial charge is 0.444 e. The van der Waals surface area contributed by atoms with Gasteiger partial charge in [0, 0.05) is 5.30 Å². The van der Waals surface area contributed by atoms with Crippen molar-refractivity contribution in [3.05, 3.63) is 60.2 Å². The van der Waals surface area contributed by atoms with Crippen LogP contribution in [0.1, 0.15) is 25.3 Å². The average molecular weight is 260 g/mol. The molecule has 0 fully saturated rings. The van der Waals surface area contributed by atoms with Gasteiger partial charge in [0.2, 0.25) is 0 Å². The maximum atomic E-state index is 10.1. The van der Waals surface area contributed by atoms with Crippen LogP contribution in [0.3, 0.4) is 0 Å². The maximum absolute atomic E-state index is 10.1. The van der Waals surface area contributed by atoms with Crippen molar-refractivity contribution in [1.82, 2.24) is 0 Å². The number of rotatable bonds is 4. The standard InChI is InChI=1S/C15H17O2P/c1-12(2)14-10-6-7-11-15(14)17-18(16)13-8-4-3-5-9-13/h3-12,16H,1-2H3. The van der Waals surface area contributed by atoms with Gasteiger partial charge in [0.05, 0.1) is 0 Å². The molecule has 3 heteroatoms. The van der Waals surface area contributed by atoms with E-state index in [1.807, 2.05) is 54.6 Å². The first kappa shape index (κ1) is 13.1. The Labute approximate surface area is 109 Å². The van der Waals surface area contributed by atoms with E-state index in [4.69, 9.17) is 4.52 Å². The van der Waals surface area contributed by atoms with E-state index in [0.29, 0.717) is 5.92 Å². The molecule has 0 aliphatic carbocycles. The second-order valence-corrected chi connectivity index (χ2v) is 5.64. The third kappa shape index (κ3) is 3.10. The third-order valence-electron chi connectivity index (χ3n) is 2.70. The first-order valence-electron chi connectivity index (χ1n) is 5.99. The summed E-state index contributed by atoms with van der Waals surface area (Å²) in [5.41, 5.74) is 1.12. The molecule has 0 heterocycles. The quantitative estimate of drug-likeness (QED) is 0.847. The Kier molecular flexibility index (Phi) is 4.35. The molecule has 0 aliphatic heterocycles. The zero-order valence-corrected chi connectivity index (χ0v) is 11.5. The third-order valence-corrected chi connectivity index (χ3v) is 3.81. The molecule has 18 heavy (non-hydrogen) atoms. The van der Waals surface area contributed by atoms with Crippen molar-refractivity contribution in [2.75, 3.05) is 0 Å². The van der Waals surface area contributed by atoms with Crippen molar-refractivity contribution in [2.45, 2.75) is 19.8 Å². The molecular weight excluding hydrogens is 243 g/mol. The molecule has 0 bridgehead atoms. The Morgan fingerprint density at radius 3 is 2.22 bits per heavy atom. The van der Waals surface area contributed by atoms with Gasteiger partial charge in [0.25, 0.3) is 8.38 Å². The lowest BCUT2D eigenvalue weighted by molar-refractivity contribution is 0.493. The lowest BCUT2D eigenvalue weighted by Gasteiger charge is -2.16. The van der Waals surface area contributed by atoms with Crippen LogP contribution in [0.15, 0.2) is 54.6 Å². The van der Waals surface area contributed by atoms with Crippen molar-refractivity contribution >= 4 is 13.7 Å². The van der Waals surface area contributed by atoms with E-state index < -0.39 is 8.38 Å². The van der Waals surface area contributed by atoms with Crippen LogP contribution in [-0.4, -0.2) is 4.89 Å². The molecule has 2 nitrogen and oxygen atoms in total. The number of hydrogen-bond acceptors (Lipinski definition) is 2. The molecule has 0 aliphatic rings. The first-order valence-corrected chi connectivity index (χ1v) is 7.20. The van der Waals surface area contributed by atoms with Crippen molar-refractivity contribution in [3.8, 4) is 5.75 Å². The Hall–Kier alpha value is -1.37. The molecule has 94 valence electrons. The highest BCUT2D eigenvalue weighted by molar-refractivity contribution is 7.55. The lowest BCUT2D eigenvalue weighted by atomic mass is 10.0.